The van der Waals surface area contributed by atoms with Crippen LogP contribution in [-0.4, -0.2) is 33.5 Å². The highest BCUT2D eigenvalue weighted by Crippen LogP contribution is 2.19. The van der Waals surface area contributed by atoms with E-state index in [1.54, 1.807) is 13.0 Å². The Hall–Kier alpha value is -1.65. The average molecular weight is 350 g/mol. The molecule has 0 radical (unpaired) electrons. The van der Waals surface area contributed by atoms with Crippen LogP contribution in [-0.2, 0) is 4.79 Å². The topological polar surface area (TPSA) is 77.8 Å². The third kappa shape index (κ3) is 10.7. The van der Waals surface area contributed by atoms with Crippen LogP contribution in [0.4, 0.5) is 0 Å². The molecule has 0 aromatic heterocycles. The van der Waals surface area contributed by atoms with Crippen molar-refractivity contribution in [3.05, 3.63) is 48.1 Å². The van der Waals surface area contributed by atoms with E-state index in [0.717, 1.165) is 11.1 Å². The van der Waals surface area contributed by atoms with Crippen molar-refractivity contribution in [2.24, 2.45) is 5.92 Å². The second-order valence-electron chi connectivity index (χ2n) is 7.01. The molecule has 0 bridgehead atoms. The highest BCUT2D eigenvalue weighted by atomic mass is 16.4. The van der Waals surface area contributed by atoms with Crippen LogP contribution >= 0.6 is 0 Å². The number of carboxylic acid groups (broad SMARTS) is 1. The summed E-state index contributed by atoms with van der Waals surface area (Å²) >= 11 is 0. The first-order valence-corrected chi connectivity index (χ1v) is 8.87. The fraction of sp³-hybridized carbons (Fsp3) is 0.571. The summed E-state index contributed by atoms with van der Waals surface area (Å²) in [7, 11) is 0. The predicted molar refractivity (Wildman–Crippen MR) is 103 cm³/mol. The maximum atomic E-state index is 11.3. The Morgan fingerprint density at radius 1 is 1.16 bits per heavy atom. The van der Waals surface area contributed by atoms with Crippen molar-refractivity contribution in [2.45, 2.75) is 64.9 Å². The van der Waals surface area contributed by atoms with Crippen LogP contribution in [0.3, 0.4) is 0 Å². The molecule has 0 unspecified atom stereocenters. The normalized spacial score (nSPS) is 15.1. The zero-order chi connectivity index (χ0) is 19.5. The van der Waals surface area contributed by atoms with Crippen molar-refractivity contribution in [2.75, 3.05) is 6.61 Å². The number of allylic oxidation sites excluding steroid dienone is 3. The Balaban J connectivity index is 4.59. The van der Waals surface area contributed by atoms with E-state index in [0.29, 0.717) is 50.0 Å². The van der Waals surface area contributed by atoms with E-state index in [4.69, 9.17) is 0 Å². The van der Waals surface area contributed by atoms with Gasteiger partial charge in [0.1, 0.15) is 0 Å². The number of rotatable bonds is 13. The standard InChI is InChI=1S/C21H34O4/c1-6-21(5,25)14-8-10-18(15-22)9-7-11-19(20(23)24)13-12-17(4)16(2)3/h6,10-11,16,22,25H,1,4,7-9,12-15H2,2-3,5H3,(H,23,24)/b18-10-,19-11-/t21-/m0/s1. The van der Waals surface area contributed by atoms with Crippen LogP contribution in [0.15, 0.2) is 48.1 Å². The molecular formula is C21H34O4. The van der Waals surface area contributed by atoms with Crippen LogP contribution in [0, 0.1) is 5.92 Å². The molecule has 3 N–H and O–H groups in total. The summed E-state index contributed by atoms with van der Waals surface area (Å²) in [4.78, 5) is 11.3. The molecule has 0 aliphatic carbocycles. The maximum absolute atomic E-state index is 11.3. The molecule has 0 heterocycles. The van der Waals surface area contributed by atoms with Crippen molar-refractivity contribution >= 4 is 5.97 Å². The minimum atomic E-state index is -0.910. The quantitative estimate of drug-likeness (QED) is 0.340. The molecule has 0 saturated carbocycles. The van der Waals surface area contributed by atoms with Crippen LogP contribution in [0.25, 0.3) is 0 Å². The van der Waals surface area contributed by atoms with E-state index in [2.05, 4.69) is 27.0 Å². The van der Waals surface area contributed by atoms with Gasteiger partial charge in [0.2, 0.25) is 0 Å². The highest BCUT2D eigenvalue weighted by molar-refractivity contribution is 5.86. The van der Waals surface area contributed by atoms with Gasteiger partial charge in [0.05, 0.1) is 12.2 Å². The Morgan fingerprint density at radius 2 is 1.80 bits per heavy atom. The maximum Gasteiger partial charge on any atom is 0.331 e. The zero-order valence-electron chi connectivity index (χ0n) is 15.9. The van der Waals surface area contributed by atoms with E-state index in [1.165, 1.54) is 6.08 Å². The second kappa shape index (κ2) is 11.8. The monoisotopic (exact) mass is 350 g/mol. The van der Waals surface area contributed by atoms with Gasteiger partial charge in [-0.1, -0.05) is 44.2 Å². The summed E-state index contributed by atoms with van der Waals surface area (Å²) in [5.41, 5.74) is 1.39. The number of carboxylic acids is 1. The van der Waals surface area contributed by atoms with E-state index in [-0.39, 0.29) is 6.61 Å². The van der Waals surface area contributed by atoms with Crippen LogP contribution in [0.2, 0.25) is 0 Å². The molecule has 0 fully saturated rings. The number of hydrogen-bond donors (Lipinski definition) is 3. The van der Waals surface area contributed by atoms with Gasteiger partial charge < -0.3 is 15.3 Å². The Labute approximate surface area is 152 Å². The molecule has 0 aromatic rings. The first-order valence-electron chi connectivity index (χ1n) is 8.87. The molecule has 0 saturated heterocycles. The third-order valence-corrected chi connectivity index (χ3v) is 4.39. The van der Waals surface area contributed by atoms with E-state index in [9.17, 15) is 20.1 Å². The minimum absolute atomic E-state index is 0.0589. The number of aliphatic hydroxyl groups excluding tert-OH is 1. The molecule has 0 aliphatic rings. The van der Waals surface area contributed by atoms with Gasteiger partial charge >= 0.3 is 5.97 Å². The molecule has 4 heteroatoms. The van der Waals surface area contributed by atoms with Gasteiger partial charge in [-0.25, -0.2) is 4.79 Å². The summed E-state index contributed by atoms with van der Waals surface area (Å²) in [5.74, 6) is -0.542. The average Bonchev–Trinajstić information content (AvgIpc) is 2.55. The molecule has 0 rings (SSSR count). The largest absolute Gasteiger partial charge is 0.478 e. The SMILES string of the molecule is C=C[C@](C)(O)CC/C=C(\CO)CC/C=C(/CCC(=C)C(C)C)C(=O)O. The lowest BCUT2D eigenvalue weighted by molar-refractivity contribution is -0.132. The lowest BCUT2D eigenvalue weighted by Crippen LogP contribution is -2.19. The Kier molecular flexibility index (Phi) is 11.0. The summed E-state index contributed by atoms with van der Waals surface area (Å²) in [6.07, 6.45) is 8.65. The third-order valence-electron chi connectivity index (χ3n) is 4.39. The molecule has 4 nitrogen and oxygen atoms in total. The van der Waals surface area contributed by atoms with Crippen LogP contribution in [0.1, 0.15) is 59.3 Å². The lowest BCUT2D eigenvalue weighted by Gasteiger charge is -2.17. The molecule has 0 spiro atoms. The highest BCUT2D eigenvalue weighted by Gasteiger charge is 2.13. The van der Waals surface area contributed by atoms with Gasteiger partial charge in [0.25, 0.3) is 0 Å². The summed E-state index contributed by atoms with van der Waals surface area (Å²) in [6, 6.07) is 0. The molecule has 0 aliphatic heterocycles. The fourth-order valence-corrected chi connectivity index (χ4v) is 2.23. The number of aliphatic carboxylic acids is 1. The molecular weight excluding hydrogens is 316 g/mol. The molecule has 0 aromatic carbocycles. The van der Waals surface area contributed by atoms with Gasteiger partial charge in [-0.2, -0.15) is 0 Å². The Morgan fingerprint density at radius 3 is 2.28 bits per heavy atom. The van der Waals surface area contributed by atoms with Gasteiger partial charge in [-0.15, -0.1) is 6.58 Å². The van der Waals surface area contributed by atoms with Gasteiger partial charge in [0.15, 0.2) is 0 Å². The van der Waals surface area contributed by atoms with Crippen molar-refractivity contribution in [1.29, 1.82) is 0 Å². The number of aliphatic hydroxyl groups is 2. The first kappa shape index (κ1) is 23.4. The Bertz CT molecular complexity index is 510. The van der Waals surface area contributed by atoms with Crippen molar-refractivity contribution in [3.8, 4) is 0 Å². The zero-order valence-corrected chi connectivity index (χ0v) is 15.9. The fourth-order valence-electron chi connectivity index (χ4n) is 2.23. The van der Waals surface area contributed by atoms with Crippen molar-refractivity contribution < 1.29 is 20.1 Å². The van der Waals surface area contributed by atoms with Gasteiger partial charge in [0, 0.05) is 5.57 Å². The molecule has 0 amide bonds. The molecule has 25 heavy (non-hydrogen) atoms. The minimum Gasteiger partial charge on any atom is -0.478 e. The van der Waals surface area contributed by atoms with Crippen molar-refractivity contribution in [3.63, 3.8) is 0 Å². The van der Waals surface area contributed by atoms with E-state index < -0.39 is 11.6 Å². The van der Waals surface area contributed by atoms with E-state index >= 15 is 0 Å². The predicted octanol–water partition coefficient (Wildman–Crippen LogP) is 4.41. The summed E-state index contributed by atoms with van der Waals surface area (Å²) < 4.78 is 0. The van der Waals surface area contributed by atoms with Crippen LogP contribution < -0.4 is 0 Å². The van der Waals surface area contributed by atoms with Crippen LogP contribution in [0.5, 0.6) is 0 Å². The van der Waals surface area contributed by atoms with Crippen molar-refractivity contribution in [1.82, 2.24) is 0 Å². The van der Waals surface area contributed by atoms with E-state index in [1.807, 2.05) is 6.08 Å². The first-order chi connectivity index (χ1) is 11.6. The second-order valence-corrected chi connectivity index (χ2v) is 7.01. The van der Waals surface area contributed by atoms with Gasteiger partial charge in [-0.05, 0) is 56.9 Å². The number of carbonyl (C=O) groups is 1. The summed E-state index contributed by atoms with van der Waals surface area (Å²) in [6.45, 7) is 13.3. The smallest absolute Gasteiger partial charge is 0.331 e. The lowest BCUT2D eigenvalue weighted by atomic mass is 9.96. The molecule has 1 atom stereocenters. The molecule has 142 valence electrons. The number of hydrogen-bond acceptors (Lipinski definition) is 3. The van der Waals surface area contributed by atoms with Gasteiger partial charge in [-0.3, -0.25) is 0 Å². The summed E-state index contributed by atoms with van der Waals surface area (Å²) in [5, 5.41) is 28.6.